The van der Waals surface area contributed by atoms with Gasteiger partial charge in [0.1, 0.15) is 0 Å². The highest BCUT2D eigenvalue weighted by atomic mass is 15.3. The van der Waals surface area contributed by atoms with Crippen LogP contribution in [0.3, 0.4) is 0 Å². The van der Waals surface area contributed by atoms with Crippen LogP contribution < -0.4 is 5.32 Å². The van der Waals surface area contributed by atoms with Gasteiger partial charge in [0.05, 0.1) is 0 Å². The quantitative estimate of drug-likeness (QED) is 0.820. The summed E-state index contributed by atoms with van der Waals surface area (Å²) >= 11 is 0. The number of nitrogens with one attached hydrogen (secondary N) is 1. The third-order valence-electron chi connectivity index (χ3n) is 4.92. The van der Waals surface area contributed by atoms with Crippen molar-refractivity contribution in [3.8, 4) is 0 Å². The molecule has 2 atom stereocenters. The molecule has 3 nitrogen and oxygen atoms in total. The molecule has 2 heterocycles. The highest BCUT2D eigenvalue weighted by molar-refractivity contribution is 4.94. The van der Waals surface area contributed by atoms with Gasteiger partial charge in [0.25, 0.3) is 0 Å². The Hall–Kier alpha value is -0.120. The lowest BCUT2D eigenvalue weighted by molar-refractivity contribution is 0.185. The van der Waals surface area contributed by atoms with Crippen LogP contribution >= 0.6 is 0 Å². The van der Waals surface area contributed by atoms with Gasteiger partial charge in [-0.25, -0.2) is 0 Å². The van der Waals surface area contributed by atoms with Crippen molar-refractivity contribution < 1.29 is 0 Å². The Balaban J connectivity index is 1.53. The standard InChI is InChI=1S/C15H29N3/c1-2-4-13-11-17(9-3-8-16-13)15-7-10-18(12-15)14-5-6-14/h13-16H,2-12H2,1H3. The van der Waals surface area contributed by atoms with E-state index >= 15 is 0 Å². The molecule has 2 unspecified atom stereocenters. The van der Waals surface area contributed by atoms with Gasteiger partial charge in [0, 0.05) is 37.8 Å². The van der Waals surface area contributed by atoms with E-state index in [0.717, 1.165) is 18.1 Å². The fourth-order valence-corrected chi connectivity index (χ4v) is 3.74. The zero-order valence-electron chi connectivity index (χ0n) is 11.9. The lowest BCUT2D eigenvalue weighted by Gasteiger charge is -2.30. The summed E-state index contributed by atoms with van der Waals surface area (Å²) in [5.74, 6) is 0. The third kappa shape index (κ3) is 3.06. The first-order chi connectivity index (χ1) is 8.86. The van der Waals surface area contributed by atoms with E-state index in [1.54, 1.807) is 0 Å². The summed E-state index contributed by atoms with van der Waals surface area (Å²) in [7, 11) is 0. The molecule has 2 aliphatic heterocycles. The normalized spacial score (nSPS) is 35.8. The van der Waals surface area contributed by atoms with E-state index in [-0.39, 0.29) is 0 Å². The molecule has 1 N–H and O–H groups in total. The average Bonchev–Trinajstić information content (AvgIpc) is 3.15. The molecule has 3 fully saturated rings. The first-order valence-electron chi connectivity index (χ1n) is 8.08. The van der Waals surface area contributed by atoms with Crippen molar-refractivity contribution in [3.05, 3.63) is 0 Å². The number of likely N-dealkylation sites (tertiary alicyclic amines) is 1. The summed E-state index contributed by atoms with van der Waals surface area (Å²) in [6.07, 6.45) is 8.33. The van der Waals surface area contributed by atoms with Crippen LogP contribution in [-0.2, 0) is 0 Å². The van der Waals surface area contributed by atoms with Gasteiger partial charge < -0.3 is 5.32 Å². The van der Waals surface area contributed by atoms with Gasteiger partial charge in [-0.2, -0.15) is 0 Å². The molecule has 0 amide bonds. The Bertz CT molecular complexity index is 264. The van der Waals surface area contributed by atoms with E-state index in [4.69, 9.17) is 0 Å². The zero-order chi connectivity index (χ0) is 12.4. The summed E-state index contributed by atoms with van der Waals surface area (Å²) in [6.45, 7) is 8.84. The lowest BCUT2D eigenvalue weighted by Crippen LogP contribution is -2.44. The van der Waals surface area contributed by atoms with E-state index in [1.807, 2.05) is 0 Å². The smallest absolute Gasteiger partial charge is 0.0236 e. The van der Waals surface area contributed by atoms with Gasteiger partial charge in [-0.1, -0.05) is 13.3 Å². The van der Waals surface area contributed by atoms with E-state index in [9.17, 15) is 0 Å². The van der Waals surface area contributed by atoms with Crippen molar-refractivity contribution in [2.24, 2.45) is 0 Å². The summed E-state index contributed by atoms with van der Waals surface area (Å²) in [4.78, 5) is 5.54. The van der Waals surface area contributed by atoms with E-state index in [2.05, 4.69) is 22.0 Å². The van der Waals surface area contributed by atoms with Crippen LogP contribution in [0, 0.1) is 0 Å². The monoisotopic (exact) mass is 251 g/mol. The molecule has 3 heteroatoms. The Morgan fingerprint density at radius 3 is 2.61 bits per heavy atom. The molecule has 0 spiro atoms. The highest BCUT2D eigenvalue weighted by Gasteiger charge is 2.36. The highest BCUT2D eigenvalue weighted by Crippen LogP contribution is 2.31. The average molecular weight is 251 g/mol. The van der Waals surface area contributed by atoms with Crippen LogP contribution in [0.25, 0.3) is 0 Å². The third-order valence-corrected chi connectivity index (χ3v) is 4.92. The zero-order valence-corrected chi connectivity index (χ0v) is 11.9. The lowest BCUT2D eigenvalue weighted by atomic mass is 10.1. The molecule has 0 bridgehead atoms. The van der Waals surface area contributed by atoms with Crippen molar-refractivity contribution in [1.29, 1.82) is 0 Å². The predicted molar refractivity (Wildman–Crippen MR) is 75.9 cm³/mol. The van der Waals surface area contributed by atoms with Crippen molar-refractivity contribution in [1.82, 2.24) is 15.1 Å². The number of hydrogen-bond acceptors (Lipinski definition) is 3. The van der Waals surface area contributed by atoms with E-state index in [1.165, 1.54) is 71.2 Å². The van der Waals surface area contributed by atoms with Crippen LogP contribution in [0.4, 0.5) is 0 Å². The molecule has 1 aliphatic carbocycles. The second-order valence-electron chi connectivity index (χ2n) is 6.46. The van der Waals surface area contributed by atoms with Crippen LogP contribution in [0.15, 0.2) is 0 Å². The summed E-state index contributed by atoms with van der Waals surface area (Å²) in [5.41, 5.74) is 0. The van der Waals surface area contributed by atoms with Crippen LogP contribution in [0.5, 0.6) is 0 Å². The summed E-state index contributed by atoms with van der Waals surface area (Å²) in [6, 6.07) is 2.56. The summed E-state index contributed by atoms with van der Waals surface area (Å²) < 4.78 is 0. The molecule has 104 valence electrons. The maximum atomic E-state index is 3.73. The molecule has 0 aromatic rings. The van der Waals surface area contributed by atoms with Gasteiger partial charge in [0.15, 0.2) is 0 Å². The van der Waals surface area contributed by atoms with Crippen molar-refractivity contribution in [2.75, 3.05) is 32.7 Å². The molecule has 0 aromatic carbocycles. The second-order valence-corrected chi connectivity index (χ2v) is 6.46. The molecule has 1 saturated carbocycles. The van der Waals surface area contributed by atoms with Crippen molar-refractivity contribution in [2.45, 2.75) is 63.6 Å². The van der Waals surface area contributed by atoms with Crippen LogP contribution in [-0.4, -0.2) is 60.6 Å². The fraction of sp³-hybridized carbons (Fsp3) is 1.00. The minimum Gasteiger partial charge on any atom is -0.313 e. The van der Waals surface area contributed by atoms with Crippen LogP contribution in [0.1, 0.15) is 45.4 Å². The van der Waals surface area contributed by atoms with E-state index < -0.39 is 0 Å². The SMILES string of the molecule is CCCC1CN(C2CCN(C3CC3)C2)CCCN1. The van der Waals surface area contributed by atoms with E-state index in [0.29, 0.717) is 0 Å². The minimum absolute atomic E-state index is 0.743. The predicted octanol–water partition coefficient (Wildman–Crippen LogP) is 1.69. The number of nitrogens with zero attached hydrogens (tertiary/aromatic N) is 2. The minimum atomic E-state index is 0.743. The van der Waals surface area contributed by atoms with Crippen molar-refractivity contribution >= 4 is 0 Å². The molecule has 18 heavy (non-hydrogen) atoms. The Morgan fingerprint density at radius 2 is 1.83 bits per heavy atom. The maximum absolute atomic E-state index is 3.73. The van der Waals surface area contributed by atoms with Gasteiger partial charge in [0.2, 0.25) is 0 Å². The molecule has 2 saturated heterocycles. The second kappa shape index (κ2) is 5.89. The Kier molecular flexibility index (Phi) is 4.22. The molecule has 3 rings (SSSR count). The molecule has 3 aliphatic rings. The van der Waals surface area contributed by atoms with Gasteiger partial charge >= 0.3 is 0 Å². The molecular weight excluding hydrogens is 222 g/mol. The maximum Gasteiger partial charge on any atom is 0.0236 e. The molecule has 0 radical (unpaired) electrons. The number of hydrogen-bond donors (Lipinski definition) is 1. The Labute approximate surface area is 112 Å². The summed E-state index contributed by atoms with van der Waals surface area (Å²) in [5, 5.41) is 3.73. The first kappa shape index (κ1) is 12.9. The van der Waals surface area contributed by atoms with Gasteiger partial charge in [-0.05, 0) is 45.2 Å². The van der Waals surface area contributed by atoms with Gasteiger partial charge in [-0.3, -0.25) is 9.80 Å². The Morgan fingerprint density at radius 1 is 1.00 bits per heavy atom. The van der Waals surface area contributed by atoms with Gasteiger partial charge in [-0.15, -0.1) is 0 Å². The topological polar surface area (TPSA) is 18.5 Å². The fourth-order valence-electron chi connectivity index (χ4n) is 3.74. The molecular formula is C15H29N3. The first-order valence-corrected chi connectivity index (χ1v) is 8.08. The number of rotatable bonds is 4. The molecule has 0 aromatic heterocycles. The largest absolute Gasteiger partial charge is 0.313 e. The van der Waals surface area contributed by atoms with Crippen LogP contribution in [0.2, 0.25) is 0 Å². The van der Waals surface area contributed by atoms with Crippen molar-refractivity contribution in [3.63, 3.8) is 0 Å².